The maximum Gasteiger partial charge on any atom is 0.129 e. The third-order valence-electron chi connectivity index (χ3n) is 2.63. The van der Waals surface area contributed by atoms with Crippen molar-refractivity contribution in [2.24, 2.45) is 0 Å². The average molecular weight is 223 g/mol. The molecule has 16 heavy (non-hydrogen) atoms. The highest BCUT2D eigenvalue weighted by molar-refractivity contribution is 5.75. The molecule has 0 N–H and O–H groups in total. The molecule has 1 aromatic rings. The number of benzene rings is 1. The van der Waals surface area contributed by atoms with Crippen molar-refractivity contribution in [2.45, 2.75) is 25.8 Å². The van der Waals surface area contributed by atoms with Gasteiger partial charge in [-0.2, -0.15) is 0 Å². The van der Waals surface area contributed by atoms with Crippen LogP contribution in [0.3, 0.4) is 0 Å². The quantitative estimate of drug-likeness (QED) is 0.765. The highest BCUT2D eigenvalue weighted by atomic mass is 19.1. The molecular weight excluding hydrogens is 205 g/mol. The van der Waals surface area contributed by atoms with Crippen molar-refractivity contribution < 1.29 is 9.18 Å². The lowest BCUT2D eigenvalue weighted by Gasteiger charge is -2.24. The third kappa shape index (κ3) is 3.74. The van der Waals surface area contributed by atoms with E-state index in [-0.39, 0.29) is 17.6 Å². The normalized spacial score (nSPS) is 12.8. The molecule has 0 saturated heterocycles. The molecule has 0 spiro atoms. The molecule has 3 heteroatoms. The van der Waals surface area contributed by atoms with Crippen molar-refractivity contribution in [3.63, 3.8) is 0 Å². The van der Waals surface area contributed by atoms with E-state index in [0.29, 0.717) is 6.42 Å². The van der Waals surface area contributed by atoms with Crippen LogP contribution in [0.25, 0.3) is 0 Å². The van der Waals surface area contributed by atoms with Crippen molar-refractivity contribution in [3.05, 3.63) is 35.6 Å². The molecule has 0 aromatic heterocycles. The van der Waals surface area contributed by atoms with Crippen LogP contribution in [-0.4, -0.2) is 24.8 Å². The molecule has 1 rings (SSSR count). The predicted octanol–water partition coefficient (Wildman–Crippen LogP) is 2.80. The number of nitrogens with zero attached hydrogens (tertiary/aromatic N) is 1. The predicted molar refractivity (Wildman–Crippen MR) is 62.7 cm³/mol. The van der Waals surface area contributed by atoms with Gasteiger partial charge in [0.05, 0.1) is 0 Å². The molecule has 88 valence electrons. The fraction of sp³-hybridized carbons (Fsp3) is 0.462. The summed E-state index contributed by atoms with van der Waals surface area (Å²) < 4.78 is 13.1. The number of halogens is 1. The number of Topliss-reactive ketones (excluding diaryl/α,β-unsaturated/α-hetero) is 1. The minimum absolute atomic E-state index is 0.0969. The maximum atomic E-state index is 13.1. The van der Waals surface area contributed by atoms with E-state index in [1.54, 1.807) is 13.0 Å². The van der Waals surface area contributed by atoms with E-state index < -0.39 is 0 Å². The number of carbonyl (C=O) groups is 1. The van der Waals surface area contributed by atoms with Crippen LogP contribution in [0.15, 0.2) is 24.3 Å². The lowest BCUT2D eigenvalue weighted by atomic mass is 10.00. The summed E-state index contributed by atoms with van der Waals surface area (Å²) in [5, 5.41) is 0. The van der Waals surface area contributed by atoms with E-state index in [1.807, 2.05) is 25.1 Å². The molecule has 0 aliphatic rings. The first-order valence-electron chi connectivity index (χ1n) is 5.42. The minimum atomic E-state index is -0.229. The van der Waals surface area contributed by atoms with Crippen molar-refractivity contribution in [1.82, 2.24) is 4.90 Å². The summed E-state index contributed by atoms with van der Waals surface area (Å²) in [5.74, 6) is -0.0598. The Labute approximate surface area is 96.1 Å². The van der Waals surface area contributed by atoms with Gasteiger partial charge in [0.15, 0.2) is 0 Å². The fourth-order valence-electron chi connectivity index (χ4n) is 1.78. The molecule has 0 heterocycles. The zero-order valence-corrected chi connectivity index (χ0v) is 10.0. The average Bonchev–Trinajstić information content (AvgIpc) is 2.17. The molecule has 0 radical (unpaired) electrons. The van der Waals surface area contributed by atoms with Gasteiger partial charge in [0.1, 0.15) is 11.6 Å². The third-order valence-corrected chi connectivity index (χ3v) is 2.63. The Kier molecular flexibility index (Phi) is 4.62. The Morgan fingerprint density at radius 1 is 1.44 bits per heavy atom. The van der Waals surface area contributed by atoms with E-state index >= 15 is 0 Å². The SMILES string of the molecule is CC(=O)CCC(c1cccc(F)c1)N(C)C. The van der Waals surface area contributed by atoms with Crippen LogP contribution in [0.2, 0.25) is 0 Å². The second kappa shape index (κ2) is 5.75. The van der Waals surface area contributed by atoms with Gasteiger partial charge in [-0.15, -0.1) is 0 Å². The zero-order chi connectivity index (χ0) is 12.1. The molecule has 0 fully saturated rings. The van der Waals surface area contributed by atoms with Gasteiger partial charge in [-0.1, -0.05) is 12.1 Å². The van der Waals surface area contributed by atoms with Gasteiger partial charge in [-0.25, -0.2) is 4.39 Å². The van der Waals surface area contributed by atoms with E-state index in [9.17, 15) is 9.18 Å². The molecule has 1 aromatic carbocycles. The second-order valence-electron chi connectivity index (χ2n) is 4.28. The molecule has 0 saturated carbocycles. The number of rotatable bonds is 5. The molecule has 1 atom stereocenters. The molecule has 0 amide bonds. The van der Waals surface area contributed by atoms with Gasteiger partial charge >= 0.3 is 0 Å². The molecule has 0 aliphatic heterocycles. The van der Waals surface area contributed by atoms with Crippen LogP contribution in [0.5, 0.6) is 0 Å². The Hall–Kier alpha value is -1.22. The van der Waals surface area contributed by atoms with Gasteiger partial charge in [0, 0.05) is 12.5 Å². The standard InChI is InChI=1S/C13H18FNO/c1-10(16)7-8-13(15(2)3)11-5-4-6-12(14)9-11/h4-6,9,13H,7-8H2,1-3H3. The fourth-order valence-corrected chi connectivity index (χ4v) is 1.78. The van der Waals surface area contributed by atoms with E-state index in [0.717, 1.165) is 12.0 Å². The van der Waals surface area contributed by atoms with Crippen LogP contribution < -0.4 is 0 Å². The smallest absolute Gasteiger partial charge is 0.129 e. The Morgan fingerprint density at radius 2 is 2.12 bits per heavy atom. The first-order valence-corrected chi connectivity index (χ1v) is 5.42. The van der Waals surface area contributed by atoms with Crippen molar-refractivity contribution in [2.75, 3.05) is 14.1 Å². The maximum absolute atomic E-state index is 13.1. The highest BCUT2D eigenvalue weighted by Crippen LogP contribution is 2.23. The van der Waals surface area contributed by atoms with Crippen LogP contribution in [-0.2, 0) is 4.79 Å². The van der Waals surface area contributed by atoms with Gasteiger partial charge in [-0.05, 0) is 45.1 Å². The monoisotopic (exact) mass is 223 g/mol. The topological polar surface area (TPSA) is 20.3 Å². The van der Waals surface area contributed by atoms with Crippen LogP contribution in [0, 0.1) is 5.82 Å². The summed E-state index contributed by atoms with van der Waals surface area (Å²) in [5.41, 5.74) is 0.922. The zero-order valence-electron chi connectivity index (χ0n) is 10.0. The first kappa shape index (κ1) is 12.8. The number of hydrogen-bond donors (Lipinski definition) is 0. The summed E-state index contributed by atoms with van der Waals surface area (Å²) >= 11 is 0. The Morgan fingerprint density at radius 3 is 2.62 bits per heavy atom. The summed E-state index contributed by atoms with van der Waals surface area (Å²) in [4.78, 5) is 13.0. The number of ketones is 1. The highest BCUT2D eigenvalue weighted by Gasteiger charge is 2.15. The van der Waals surface area contributed by atoms with Gasteiger partial charge in [0.25, 0.3) is 0 Å². The first-order chi connectivity index (χ1) is 7.50. The summed E-state index contributed by atoms with van der Waals surface area (Å²) in [6.45, 7) is 1.58. The number of carbonyl (C=O) groups excluding carboxylic acids is 1. The minimum Gasteiger partial charge on any atom is -0.302 e. The van der Waals surface area contributed by atoms with Crippen LogP contribution in [0.1, 0.15) is 31.4 Å². The van der Waals surface area contributed by atoms with Crippen molar-refractivity contribution >= 4 is 5.78 Å². The molecule has 1 unspecified atom stereocenters. The van der Waals surface area contributed by atoms with E-state index in [4.69, 9.17) is 0 Å². The van der Waals surface area contributed by atoms with E-state index in [1.165, 1.54) is 12.1 Å². The van der Waals surface area contributed by atoms with Gasteiger partial charge in [0.2, 0.25) is 0 Å². The Balaban J connectivity index is 2.81. The van der Waals surface area contributed by atoms with Crippen molar-refractivity contribution in [1.29, 1.82) is 0 Å². The van der Waals surface area contributed by atoms with Crippen LogP contribution in [0.4, 0.5) is 4.39 Å². The summed E-state index contributed by atoms with van der Waals surface area (Å²) in [6.07, 6.45) is 1.26. The summed E-state index contributed by atoms with van der Waals surface area (Å²) in [6, 6.07) is 6.66. The van der Waals surface area contributed by atoms with Crippen LogP contribution >= 0.6 is 0 Å². The second-order valence-corrected chi connectivity index (χ2v) is 4.28. The number of hydrogen-bond acceptors (Lipinski definition) is 2. The molecule has 0 aliphatic carbocycles. The summed E-state index contributed by atoms with van der Waals surface area (Å²) in [7, 11) is 3.88. The lowest BCUT2D eigenvalue weighted by Crippen LogP contribution is -2.20. The largest absolute Gasteiger partial charge is 0.302 e. The van der Waals surface area contributed by atoms with Gasteiger partial charge < -0.3 is 9.69 Å². The molecular formula is C13H18FNO. The van der Waals surface area contributed by atoms with Gasteiger partial charge in [-0.3, -0.25) is 0 Å². The molecule has 0 bridgehead atoms. The van der Waals surface area contributed by atoms with Crippen molar-refractivity contribution in [3.8, 4) is 0 Å². The molecule has 2 nitrogen and oxygen atoms in total. The lowest BCUT2D eigenvalue weighted by molar-refractivity contribution is -0.117. The Bertz CT molecular complexity index is 363. The van der Waals surface area contributed by atoms with E-state index in [2.05, 4.69) is 0 Å².